The molecule has 0 aliphatic heterocycles. The van der Waals surface area contributed by atoms with E-state index in [1.165, 1.54) is 0 Å². The predicted octanol–water partition coefficient (Wildman–Crippen LogP) is 2.14. The molecule has 1 aliphatic carbocycles. The van der Waals surface area contributed by atoms with Gasteiger partial charge in [0.2, 0.25) is 0 Å². The highest BCUT2D eigenvalue weighted by Gasteiger charge is 2.30. The summed E-state index contributed by atoms with van der Waals surface area (Å²) in [6, 6.07) is 3.79. The van der Waals surface area contributed by atoms with Crippen molar-refractivity contribution in [2.45, 2.75) is 31.7 Å². The second-order valence-corrected chi connectivity index (χ2v) is 4.22. The number of aliphatic carboxylic acids is 1. The van der Waals surface area contributed by atoms with Gasteiger partial charge in [-0.15, -0.1) is 0 Å². The van der Waals surface area contributed by atoms with Crippen LogP contribution in [0.25, 0.3) is 0 Å². The number of anilines is 1. The number of carboxylic acid groups (broad SMARTS) is 1. The third-order valence-corrected chi connectivity index (χ3v) is 3.12. The monoisotopic (exact) mass is 220 g/mol. The van der Waals surface area contributed by atoms with Crippen molar-refractivity contribution in [1.29, 1.82) is 0 Å². The zero-order chi connectivity index (χ0) is 11.4. The first kappa shape index (κ1) is 10.9. The molecular weight excluding hydrogens is 204 g/mol. The standard InChI is InChI=1S/C12H16N2O2/c15-12(16)10-3-1-2-4-11(10)14-9-5-7-13-8-6-9/h5-8,10-11H,1-4H2,(H,13,14)(H,15,16). The van der Waals surface area contributed by atoms with Crippen LogP contribution in [0.3, 0.4) is 0 Å². The maximum absolute atomic E-state index is 11.1. The minimum Gasteiger partial charge on any atom is -0.481 e. The van der Waals surface area contributed by atoms with Crippen molar-refractivity contribution < 1.29 is 9.90 Å². The van der Waals surface area contributed by atoms with Crippen LogP contribution in [0.2, 0.25) is 0 Å². The third kappa shape index (κ3) is 2.51. The first-order valence-electron chi connectivity index (χ1n) is 5.67. The molecule has 1 heterocycles. The molecule has 1 aromatic rings. The number of hydrogen-bond acceptors (Lipinski definition) is 3. The number of pyridine rings is 1. The van der Waals surface area contributed by atoms with Gasteiger partial charge in [-0.1, -0.05) is 12.8 Å². The van der Waals surface area contributed by atoms with Gasteiger partial charge in [-0.25, -0.2) is 0 Å². The highest BCUT2D eigenvalue weighted by molar-refractivity contribution is 5.71. The molecule has 1 aliphatic rings. The van der Waals surface area contributed by atoms with Crippen LogP contribution in [0.4, 0.5) is 5.69 Å². The van der Waals surface area contributed by atoms with Crippen molar-refractivity contribution in [3.8, 4) is 0 Å². The van der Waals surface area contributed by atoms with Crippen LogP contribution in [0.1, 0.15) is 25.7 Å². The van der Waals surface area contributed by atoms with Gasteiger partial charge >= 0.3 is 5.97 Å². The molecular formula is C12H16N2O2. The maximum atomic E-state index is 11.1. The Balaban J connectivity index is 2.04. The summed E-state index contributed by atoms with van der Waals surface area (Å²) in [7, 11) is 0. The molecule has 2 unspecified atom stereocenters. The van der Waals surface area contributed by atoms with Gasteiger partial charge in [0.1, 0.15) is 0 Å². The largest absolute Gasteiger partial charge is 0.481 e. The van der Waals surface area contributed by atoms with Crippen molar-refractivity contribution in [2.24, 2.45) is 5.92 Å². The molecule has 2 rings (SSSR count). The SMILES string of the molecule is O=C(O)C1CCCCC1Nc1ccncc1. The Morgan fingerprint density at radius 1 is 1.31 bits per heavy atom. The number of hydrogen-bond donors (Lipinski definition) is 2. The highest BCUT2D eigenvalue weighted by atomic mass is 16.4. The fourth-order valence-corrected chi connectivity index (χ4v) is 2.26. The Labute approximate surface area is 94.7 Å². The Morgan fingerprint density at radius 3 is 2.69 bits per heavy atom. The van der Waals surface area contributed by atoms with Crippen LogP contribution in [0.15, 0.2) is 24.5 Å². The summed E-state index contributed by atoms with van der Waals surface area (Å²) in [5.41, 5.74) is 0.952. The Kier molecular flexibility index (Phi) is 3.39. The molecule has 1 aromatic heterocycles. The molecule has 2 atom stereocenters. The molecule has 1 fully saturated rings. The summed E-state index contributed by atoms with van der Waals surface area (Å²) in [6.07, 6.45) is 7.25. The second-order valence-electron chi connectivity index (χ2n) is 4.22. The topological polar surface area (TPSA) is 62.2 Å². The fraction of sp³-hybridized carbons (Fsp3) is 0.500. The zero-order valence-electron chi connectivity index (χ0n) is 9.10. The van der Waals surface area contributed by atoms with Crippen LogP contribution >= 0.6 is 0 Å². The first-order valence-corrected chi connectivity index (χ1v) is 5.67. The molecule has 1 saturated carbocycles. The third-order valence-electron chi connectivity index (χ3n) is 3.12. The number of carbonyl (C=O) groups is 1. The Bertz CT molecular complexity index is 353. The summed E-state index contributed by atoms with van der Waals surface area (Å²) < 4.78 is 0. The lowest BCUT2D eigenvalue weighted by atomic mass is 9.84. The number of rotatable bonds is 3. The van der Waals surface area contributed by atoms with E-state index in [4.69, 9.17) is 5.11 Å². The smallest absolute Gasteiger partial charge is 0.308 e. The van der Waals surface area contributed by atoms with E-state index in [-0.39, 0.29) is 12.0 Å². The first-order chi connectivity index (χ1) is 7.77. The van der Waals surface area contributed by atoms with E-state index in [9.17, 15) is 4.79 Å². The van der Waals surface area contributed by atoms with Crippen LogP contribution in [0.5, 0.6) is 0 Å². The van der Waals surface area contributed by atoms with Gasteiger partial charge in [-0.2, -0.15) is 0 Å². The molecule has 0 bridgehead atoms. The molecule has 0 radical (unpaired) electrons. The van der Waals surface area contributed by atoms with Gasteiger partial charge in [0.25, 0.3) is 0 Å². The van der Waals surface area contributed by atoms with Gasteiger partial charge in [0.15, 0.2) is 0 Å². The summed E-state index contributed by atoms with van der Waals surface area (Å²) in [5.74, 6) is -0.951. The fourth-order valence-electron chi connectivity index (χ4n) is 2.26. The van der Waals surface area contributed by atoms with Crippen LogP contribution in [-0.4, -0.2) is 22.1 Å². The number of nitrogens with zero attached hydrogens (tertiary/aromatic N) is 1. The quantitative estimate of drug-likeness (QED) is 0.819. The molecule has 0 amide bonds. The van der Waals surface area contributed by atoms with Crippen LogP contribution in [-0.2, 0) is 4.79 Å². The molecule has 4 heteroatoms. The minimum absolute atomic E-state index is 0.0497. The van der Waals surface area contributed by atoms with E-state index in [0.717, 1.165) is 31.4 Å². The average molecular weight is 220 g/mol. The number of aromatic nitrogens is 1. The van der Waals surface area contributed by atoms with E-state index < -0.39 is 5.97 Å². The molecule has 4 nitrogen and oxygen atoms in total. The van der Waals surface area contributed by atoms with Crippen molar-refractivity contribution in [3.63, 3.8) is 0 Å². The lowest BCUT2D eigenvalue weighted by molar-refractivity contribution is -0.143. The van der Waals surface area contributed by atoms with Gasteiger partial charge in [-0.05, 0) is 25.0 Å². The molecule has 0 spiro atoms. The van der Waals surface area contributed by atoms with Gasteiger partial charge in [-0.3, -0.25) is 9.78 Å². The normalized spacial score (nSPS) is 25.0. The summed E-state index contributed by atoms with van der Waals surface area (Å²) in [6.45, 7) is 0. The van der Waals surface area contributed by atoms with Crippen molar-refractivity contribution in [3.05, 3.63) is 24.5 Å². The van der Waals surface area contributed by atoms with E-state index in [1.807, 2.05) is 12.1 Å². The lowest BCUT2D eigenvalue weighted by Crippen LogP contribution is -2.37. The van der Waals surface area contributed by atoms with E-state index >= 15 is 0 Å². The van der Waals surface area contributed by atoms with Gasteiger partial charge in [0, 0.05) is 24.1 Å². The second kappa shape index (κ2) is 4.96. The minimum atomic E-state index is -0.689. The molecule has 2 N–H and O–H groups in total. The van der Waals surface area contributed by atoms with Crippen LogP contribution in [0, 0.1) is 5.92 Å². The molecule has 0 saturated heterocycles. The van der Waals surface area contributed by atoms with Crippen molar-refractivity contribution >= 4 is 11.7 Å². The Hall–Kier alpha value is -1.58. The average Bonchev–Trinajstić information content (AvgIpc) is 2.31. The summed E-state index contributed by atoms with van der Waals surface area (Å²) in [5, 5.41) is 12.4. The molecule has 16 heavy (non-hydrogen) atoms. The highest BCUT2D eigenvalue weighted by Crippen LogP contribution is 2.27. The predicted molar refractivity (Wildman–Crippen MR) is 61.2 cm³/mol. The van der Waals surface area contributed by atoms with Gasteiger partial charge in [0.05, 0.1) is 5.92 Å². The van der Waals surface area contributed by atoms with Crippen molar-refractivity contribution in [2.75, 3.05) is 5.32 Å². The van der Waals surface area contributed by atoms with E-state index in [0.29, 0.717) is 0 Å². The summed E-state index contributed by atoms with van der Waals surface area (Å²) >= 11 is 0. The lowest BCUT2D eigenvalue weighted by Gasteiger charge is -2.30. The van der Waals surface area contributed by atoms with Gasteiger partial charge < -0.3 is 10.4 Å². The van der Waals surface area contributed by atoms with E-state index in [2.05, 4.69) is 10.3 Å². The number of nitrogens with one attached hydrogen (secondary N) is 1. The van der Waals surface area contributed by atoms with Crippen LogP contribution < -0.4 is 5.32 Å². The Morgan fingerprint density at radius 2 is 2.00 bits per heavy atom. The van der Waals surface area contributed by atoms with Crippen molar-refractivity contribution in [1.82, 2.24) is 4.98 Å². The summed E-state index contributed by atoms with van der Waals surface area (Å²) in [4.78, 5) is 15.0. The molecule has 0 aromatic carbocycles. The maximum Gasteiger partial charge on any atom is 0.308 e. The number of carboxylic acids is 1. The molecule has 86 valence electrons. The van der Waals surface area contributed by atoms with E-state index in [1.54, 1.807) is 12.4 Å². The zero-order valence-corrected chi connectivity index (χ0v) is 9.10.